The molecule has 2 aliphatic rings. The minimum atomic E-state index is -3.81. The van der Waals surface area contributed by atoms with Gasteiger partial charge in [-0.15, -0.1) is 0 Å². The van der Waals surface area contributed by atoms with E-state index in [4.69, 9.17) is 13.7 Å². The first kappa shape index (κ1) is 20.1. The monoisotopic (exact) mass is 766 g/mol. The standard InChI is InChI=1S/2C9H9O.2Hg.H2O4S/c2*1-7-6-8-4-2-3-5-9(8)10-7;;;1-5(2,3)4/h2*2-5,7H,1,6H2;;;(H2,1,2,3,4)/q;;2*+1;/p-2. The first-order valence-corrected chi connectivity index (χ1v) is 22.7. The van der Waals surface area contributed by atoms with Gasteiger partial charge in [-0.1, -0.05) is 0 Å². The van der Waals surface area contributed by atoms with Crippen LogP contribution >= 0.6 is 0 Å². The van der Waals surface area contributed by atoms with Crippen molar-refractivity contribution in [1.82, 2.24) is 0 Å². The van der Waals surface area contributed by atoms with Crippen molar-refractivity contribution in [3.63, 3.8) is 0 Å². The van der Waals surface area contributed by atoms with E-state index in [0.29, 0.717) is 0 Å². The van der Waals surface area contributed by atoms with E-state index in [0.717, 1.165) is 32.2 Å². The van der Waals surface area contributed by atoms with Gasteiger partial charge < -0.3 is 0 Å². The zero-order valence-electron chi connectivity index (χ0n) is 14.9. The number of para-hydroxylation sites is 2. The van der Waals surface area contributed by atoms with Gasteiger partial charge in [-0.2, -0.15) is 0 Å². The SMILES string of the molecule is O=S(=O)([O][Hg][CH2]C1Cc2ccccc2O1)[O][Hg][CH2]C1Cc2ccccc2O1. The Morgan fingerprint density at radius 1 is 0.815 bits per heavy atom. The maximum atomic E-state index is 12.0. The Morgan fingerprint density at radius 2 is 1.26 bits per heavy atom. The molecule has 2 unspecified atom stereocenters. The molecular formula is C18H18Hg2O6S. The summed E-state index contributed by atoms with van der Waals surface area (Å²) < 4.78 is 47.6. The molecule has 2 aromatic rings. The van der Waals surface area contributed by atoms with Crippen molar-refractivity contribution in [3.8, 4) is 11.5 Å². The molecule has 0 N–H and O–H groups in total. The summed E-state index contributed by atoms with van der Waals surface area (Å²) in [6.07, 6.45) is 1.77. The van der Waals surface area contributed by atoms with Crippen molar-refractivity contribution in [2.24, 2.45) is 0 Å². The van der Waals surface area contributed by atoms with E-state index in [9.17, 15) is 8.42 Å². The second-order valence-corrected chi connectivity index (χ2v) is 21.2. The van der Waals surface area contributed by atoms with E-state index in [1.807, 2.05) is 48.5 Å². The van der Waals surface area contributed by atoms with E-state index < -0.39 is 60.5 Å². The molecule has 0 aromatic heterocycles. The van der Waals surface area contributed by atoms with E-state index in [1.54, 1.807) is 0 Å². The van der Waals surface area contributed by atoms with Crippen molar-refractivity contribution in [2.45, 2.75) is 32.9 Å². The Balaban J connectivity index is 1.15. The summed E-state index contributed by atoms with van der Waals surface area (Å²) in [4.78, 5) is 0. The minimum absolute atomic E-state index is 0.0502. The molecule has 27 heavy (non-hydrogen) atoms. The van der Waals surface area contributed by atoms with Crippen LogP contribution in [-0.2, 0) is 77.5 Å². The van der Waals surface area contributed by atoms with Crippen LogP contribution in [0.2, 0.25) is 7.86 Å². The van der Waals surface area contributed by atoms with Crippen molar-refractivity contribution in [2.75, 3.05) is 0 Å². The summed E-state index contributed by atoms with van der Waals surface area (Å²) in [5.74, 6) is 1.81. The fourth-order valence-electron chi connectivity index (χ4n) is 3.43. The van der Waals surface area contributed by atoms with Crippen molar-refractivity contribution < 1.29 is 72.1 Å². The average Bonchev–Trinajstić information content (AvgIpc) is 3.24. The van der Waals surface area contributed by atoms with Crippen LogP contribution < -0.4 is 9.47 Å². The van der Waals surface area contributed by atoms with E-state index in [1.165, 1.54) is 11.1 Å². The van der Waals surface area contributed by atoms with Gasteiger partial charge in [0.05, 0.1) is 0 Å². The third-order valence-electron chi connectivity index (χ3n) is 4.76. The van der Waals surface area contributed by atoms with Gasteiger partial charge in [0.1, 0.15) is 0 Å². The summed E-state index contributed by atoms with van der Waals surface area (Å²) in [6, 6.07) is 15.9. The first-order chi connectivity index (χ1) is 13.1. The summed E-state index contributed by atoms with van der Waals surface area (Å²) in [7, 11) is -3.81. The van der Waals surface area contributed by atoms with Gasteiger partial charge in [-0.25, -0.2) is 0 Å². The molecule has 2 heterocycles. The van der Waals surface area contributed by atoms with Gasteiger partial charge in [0, 0.05) is 0 Å². The average molecular weight is 764 g/mol. The summed E-state index contributed by atoms with van der Waals surface area (Å²) in [5.41, 5.74) is 2.37. The summed E-state index contributed by atoms with van der Waals surface area (Å²) in [5, 5.41) is 0. The predicted molar refractivity (Wildman–Crippen MR) is 89.8 cm³/mol. The molecule has 6 nitrogen and oxygen atoms in total. The van der Waals surface area contributed by atoms with Gasteiger partial charge in [-0.05, 0) is 0 Å². The molecule has 4 rings (SSSR count). The van der Waals surface area contributed by atoms with Gasteiger partial charge in [0.2, 0.25) is 0 Å². The zero-order valence-corrected chi connectivity index (χ0v) is 26.7. The Hall–Kier alpha value is -0.220. The molecule has 0 bridgehead atoms. The van der Waals surface area contributed by atoms with Gasteiger partial charge in [-0.3, -0.25) is 0 Å². The van der Waals surface area contributed by atoms with Gasteiger partial charge in [0.25, 0.3) is 0 Å². The molecule has 2 aromatic carbocycles. The third-order valence-corrected chi connectivity index (χ3v) is 23.1. The quantitative estimate of drug-likeness (QED) is 0.386. The molecule has 9 heteroatoms. The molecular weight excluding hydrogens is 745 g/mol. The molecule has 0 radical (unpaired) electrons. The topological polar surface area (TPSA) is 71.1 Å². The second-order valence-electron chi connectivity index (χ2n) is 6.73. The Bertz CT molecular complexity index is 787. The number of benzene rings is 2. The van der Waals surface area contributed by atoms with Crippen LogP contribution in [0.25, 0.3) is 0 Å². The fourth-order valence-corrected chi connectivity index (χ4v) is 23.4. The maximum absolute atomic E-state index is 12.0. The molecule has 0 saturated heterocycles. The molecule has 2 aliphatic heterocycles. The number of hydrogen-bond acceptors (Lipinski definition) is 6. The Morgan fingerprint density at radius 3 is 1.70 bits per heavy atom. The number of ether oxygens (including phenoxy) is 2. The summed E-state index contributed by atoms with van der Waals surface area (Å²) >= 11 is -4.11. The van der Waals surface area contributed by atoms with Crippen molar-refractivity contribution in [1.29, 1.82) is 0 Å². The Labute approximate surface area is 185 Å². The van der Waals surface area contributed by atoms with Crippen LogP contribution in [0.1, 0.15) is 11.1 Å². The van der Waals surface area contributed by atoms with Crippen LogP contribution in [0.4, 0.5) is 0 Å². The number of rotatable bonds is 8. The molecule has 2 atom stereocenters. The number of hydrogen-bond donors (Lipinski definition) is 0. The van der Waals surface area contributed by atoms with Gasteiger partial charge in [0.15, 0.2) is 0 Å². The van der Waals surface area contributed by atoms with Crippen molar-refractivity contribution in [3.05, 3.63) is 59.7 Å². The van der Waals surface area contributed by atoms with E-state index in [-0.39, 0.29) is 12.2 Å². The predicted octanol–water partition coefficient (Wildman–Crippen LogP) is 3.10. The Kier molecular flexibility index (Phi) is 6.74. The molecule has 136 valence electrons. The zero-order chi connectivity index (χ0) is 18.7. The van der Waals surface area contributed by atoms with Crippen LogP contribution in [0.15, 0.2) is 48.5 Å². The number of fused-ring (bicyclic) bond motifs is 2. The summed E-state index contributed by atoms with van der Waals surface area (Å²) in [6.45, 7) is 0. The van der Waals surface area contributed by atoms with Gasteiger partial charge >= 0.3 is 187 Å². The molecule has 0 spiro atoms. The molecule has 0 fully saturated rings. The third kappa shape index (κ3) is 5.44. The fraction of sp³-hybridized carbons (Fsp3) is 0.333. The first-order valence-electron chi connectivity index (χ1n) is 9.12. The van der Waals surface area contributed by atoms with Crippen LogP contribution in [-0.4, -0.2) is 20.6 Å². The molecule has 0 saturated carbocycles. The van der Waals surface area contributed by atoms with Crippen LogP contribution in [0, 0.1) is 0 Å². The van der Waals surface area contributed by atoms with E-state index >= 15 is 0 Å². The molecule has 0 amide bonds. The van der Waals surface area contributed by atoms with Crippen molar-refractivity contribution >= 4 is 10.4 Å². The molecule has 0 aliphatic carbocycles. The van der Waals surface area contributed by atoms with E-state index in [2.05, 4.69) is 0 Å². The normalized spacial score (nSPS) is 20.0. The van der Waals surface area contributed by atoms with Crippen LogP contribution in [0.5, 0.6) is 11.5 Å². The second kappa shape index (κ2) is 9.07. The van der Waals surface area contributed by atoms with Crippen LogP contribution in [0.3, 0.4) is 0 Å².